The van der Waals surface area contributed by atoms with Crippen LogP contribution < -0.4 is 0 Å². The molecule has 0 aliphatic rings. The predicted octanol–water partition coefficient (Wildman–Crippen LogP) is 11.1. The van der Waals surface area contributed by atoms with E-state index in [0.717, 1.165) is 5.56 Å². The van der Waals surface area contributed by atoms with Gasteiger partial charge >= 0.3 is 0 Å². The van der Waals surface area contributed by atoms with Crippen LogP contribution in [-0.4, -0.2) is 29.9 Å². The zero-order valence-corrected chi connectivity index (χ0v) is 32.3. The van der Waals surface area contributed by atoms with Crippen LogP contribution in [0, 0.1) is 0 Å². The minimum Gasteiger partial charge on any atom is -0.214 e. The number of halogens is 12. The molecule has 0 aliphatic heterocycles. The molecule has 0 spiro atoms. The average Bonchev–Trinajstić information content (AvgIpc) is 2.82. The number of alkyl halides is 12. The van der Waals surface area contributed by atoms with Crippen LogP contribution in [0.25, 0.3) is 0 Å². The number of hydrogen-bond acceptors (Lipinski definition) is 7. The Hall–Kier alpha value is 2.21. The molecular formula is C18H10Br6Cl6N6S. The van der Waals surface area contributed by atoms with Crippen molar-refractivity contribution in [1.82, 2.24) is 29.9 Å². The maximum absolute atomic E-state index is 5.81. The molecule has 19 heteroatoms. The summed E-state index contributed by atoms with van der Waals surface area (Å²) in [7, 11) is 0. The van der Waals surface area contributed by atoms with Crippen molar-refractivity contribution in [3.05, 3.63) is 65.0 Å². The van der Waals surface area contributed by atoms with Crippen molar-refractivity contribution in [3.8, 4) is 0 Å². The van der Waals surface area contributed by atoms with E-state index in [1.54, 1.807) is 0 Å². The SMILES string of the molecule is BrC(Br)c1nc(C(Br)Br)nc(C(Br)Br)n1.ClC(Cl)(Cl)c1nc(SCc2ccccc2)nc(C(Cl)(Cl)Cl)n1. The van der Waals surface area contributed by atoms with Gasteiger partial charge in [0.05, 0.1) is 0 Å². The second kappa shape index (κ2) is 16.2. The summed E-state index contributed by atoms with van der Waals surface area (Å²) < 4.78 is -3.96. The van der Waals surface area contributed by atoms with E-state index in [0.29, 0.717) is 28.4 Å². The first-order valence-corrected chi connectivity index (χ1v) is 18.0. The lowest BCUT2D eigenvalue weighted by Crippen LogP contribution is -2.16. The average molecular weight is 1030 g/mol. The summed E-state index contributed by atoms with van der Waals surface area (Å²) in [5.41, 5.74) is 1.08. The molecule has 0 N–H and O–H groups in total. The molecule has 0 atom stereocenters. The van der Waals surface area contributed by atoms with Crippen molar-refractivity contribution in [1.29, 1.82) is 0 Å². The number of hydrogen-bond donors (Lipinski definition) is 0. The van der Waals surface area contributed by atoms with Gasteiger partial charge in [-0.1, -0.05) is 207 Å². The molecule has 3 rings (SSSR count). The lowest BCUT2D eigenvalue weighted by atomic mass is 10.2. The van der Waals surface area contributed by atoms with E-state index in [9.17, 15) is 0 Å². The molecule has 0 unspecified atom stereocenters. The van der Waals surface area contributed by atoms with E-state index in [2.05, 4.69) is 125 Å². The molecule has 0 saturated carbocycles. The van der Waals surface area contributed by atoms with Gasteiger partial charge in [0.15, 0.2) is 34.3 Å². The Bertz CT molecular complexity index is 1070. The quantitative estimate of drug-likeness (QED) is 0.180. The van der Waals surface area contributed by atoms with E-state index in [4.69, 9.17) is 69.6 Å². The topological polar surface area (TPSA) is 77.3 Å². The molecule has 0 radical (unpaired) electrons. The molecule has 0 aliphatic carbocycles. The Balaban J connectivity index is 0.000000281. The largest absolute Gasteiger partial charge is 0.250 e. The van der Waals surface area contributed by atoms with Crippen LogP contribution in [0.1, 0.15) is 45.9 Å². The van der Waals surface area contributed by atoms with E-state index in [1.807, 2.05) is 30.3 Å². The summed E-state index contributed by atoms with van der Waals surface area (Å²) in [5.74, 6) is 2.31. The maximum atomic E-state index is 5.81. The smallest absolute Gasteiger partial charge is 0.214 e. The van der Waals surface area contributed by atoms with Gasteiger partial charge in [-0.2, -0.15) is 0 Å². The van der Waals surface area contributed by atoms with Gasteiger partial charge in [0.2, 0.25) is 7.59 Å². The molecule has 0 bridgehead atoms. The molecule has 1 aromatic carbocycles. The fourth-order valence-corrected chi connectivity index (χ4v) is 4.64. The van der Waals surface area contributed by atoms with Crippen molar-refractivity contribution in [3.63, 3.8) is 0 Å². The second-order valence-electron chi connectivity index (χ2n) is 6.35. The van der Waals surface area contributed by atoms with Gasteiger partial charge in [-0.15, -0.1) is 0 Å². The van der Waals surface area contributed by atoms with Crippen LogP contribution in [0.5, 0.6) is 0 Å². The van der Waals surface area contributed by atoms with Crippen molar-refractivity contribution >= 4 is 177 Å². The van der Waals surface area contributed by atoms with Crippen LogP contribution in [0.4, 0.5) is 0 Å². The summed E-state index contributed by atoms with van der Waals surface area (Å²) in [4.78, 5) is 24.9. The third-order valence-corrected chi connectivity index (χ3v) is 8.00. The summed E-state index contributed by atoms with van der Waals surface area (Å²) in [6.45, 7) is 0. The number of benzene rings is 1. The van der Waals surface area contributed by atoms with Gasteiger partial charge < -0.3 is 0 Å². The number of nitrogens with zero attached hydrogens (tertiary/aromatic N) is 6. The molecule has 0 amide bonds. The van der Waals surface area contributed by atoms with E-state index in [-0.39, 0.29) is 22.9 Å². The first kappa shape index (κ1) is 35.4. The van der Waals surface area contributed by atoms with Gasteiger partial charge in [0.1, 0.15) is 11.2 Å². The molecule has 2 heterocycles. The minimum atomic E-state index is -1.84. The third kappa shape index (κ3) is 12.5. The molecule has 202 valence electrons. The van der Waals surface area contributed by atoms with Gasteiger partial charge in [-0.25, -0.2) is 29.9 Å². The highest BCUT2D eigenvalue weighted by Crippen LogP contribution is 2.41. The zero-order chi connectivity index (χ0) is 28.0. The summed E-state index contributed by atoms with van der Waals surface area (Å²) in [6, 6.07) is 9.74. The van der Waals surface area contributed by atoms with Gasteiger partial charge in [-0.05, 0) is 5.56 Å². The second-order valence-corrected chi connectivity index (χ2v) is 21.0. The Labute approximate surface area is 297 Å². The first-order chi connectivity index (χ1) is 17.1. The Morgan fingerprint density at radius 1 is 0.595 bits per heavy atom. The van der Waals surface area contributed by atoms with E-state index < -0.39 is 7.59 Å². The molecular weight excluding hydrogens is 1020 g/mol. The van der Waals surface area contributed by atoms with E-state index in [1.165, 1.54) is 11.8 Å². The Morgan fingerprint density at radius 2 is 0.973 bits per heavy atom. The lowest BCUT2D eigenvalue weighted by molar-refractivity contribution is 0.767. The zero-order valence-electron chi connectivity index (χ0n) is 17.5. The fourth-order valence-electron chi connectivity index (χ4n) is 2.12. The molecule has 2 aromatic heterocycles. The van der Waals surface area contributed by atoms with Crippen molar-refractivity contribution < 1.29 is 0 Å². The summed E-state index contributed by atoms with van der Waals surface area (Å²) in [6.07, 6.45) is 0. The maximum Gasteiger partial charge on any atom is 0.250 e. The van der Waals surface area contributed by atoms with Gasteiger partial charge in [0, 0.05) is 5.75 Å². The predicted molar refractivity (Wildman–Crippen MR) is 176 cm³/mol. The van der Waals surface area contributed by atoms with Crippen LogP contribution in [0.2, 0.25) is 0 Å². The number of thioether (sulfide) groups is 1. The van der Waals surface area contributed by atoms with Crippen LogP contribution in [0.15, 0.2) is 35.5 Å². The molecule has 37 heavy (non-hydrogen) atoms. The number of aromatic nitrogens is 6. The van der Waals surface area contributed by atoms with Gasteiger partial charge in [0.25, 0.3) is 0 Å². The standard InChI is InChI=1S/C12H7Cl6N3S.C6H3Br6N3/c13-11(14,15)8-19-9(12(16,17)18)21-10(20-8)22-6-7-4-2-1-3-5-7;7-1(8)4-13-5(2(9)10)15-6(14-4)3(11)12/h1-5H,6H2;1-3H. The number of rotatable bonds is 6. The minimum absolute atomic E-state index is 0.0932. The molecule has 3 aromatic rings. The summed E-state index contributed by atoms with van der Waals surface area (Å²) >= 11 is 56.3. The molecule has 6 nitrogen and oxygen atoms in total. The Morgan fingerprint density at radius 3 is 1.30 bits per heavy atom. The highest BCUT2D eigenvalue weighted by Gasteiger charge is 2.33. The van der Waals surface area contributed by atoms with Gasteiger partial charge in [-0.3, -0.25) is 0 Å². The van der Waals surface area contributed by atoms with Crippen LogP contribution >= 0.6 is 177 Å². The first-order valence-electron chi connectivity index (χ1n) is 9.25. The highest BCUT2D eigenvalue weighted by atomic mass is 79.9. The monoisotopic (exact) mass is 1030 g/mol. The molecule has 0 fully saturated rings. The van der Waals surface area contributed by atoms with Crippen LogP contribution in [0.3, 0.4) is 0 Å². The van der Waals surface area contributed by atoms with E-state index >= 15 is 0 Å². The highest BCUT2D eigenvalue weighted by molar-refractivity contribution is 9.24. The molecule has 0 saturated heterocycles. The van der Waals surface area contributed by atoms with Crippen molar-refractivity contribution in [2.45, 2.75) is 29.7 Å². The van der Waals surface area contributed by atoms with Crippen molar-refractivity contribution in [2.24, 2.45) is 0 Å². The third-order valence-electron chi connectivity index (χ3n) is 3.61. The summed E-state index contributed by atoms with van der Waals surface area (Å²) in [5, 5.41) is 0.307. The lowest BCUT2D eigenvalue weighted by Gasteiger charge is -2.15. The normalized spacial score (nSPS) is 12.2. The van der Waals surface area contributed by atoms with Crippen LogP contribution in [-0.2, 0) is 13.3 Å². The Kier molecular flexibility index (Phi) is 15.5. The fraction of sp³-hybridized carbons (Fsp3) is 0.333. The van der Waals surface area contributed by atoms with Crippen molar-refractivity contribution in [2.75, 3.05) is 0 Å².